The van der Waals surface area contributed by atoms with Crippen molar-refractivity contribution in [3.8, 4) is 0 Å². The molecule has 0 aliphatic rings. The van der Waals surface area contributed by atoms with Crippen LogP contribution in [0.5, 0.6) is 0 Å². The summed E-state index contributed by atoms with van der Waals surface area (Å²) >= 11 is 6.42. The highest BCUT2D eigenvalue weighted by molar-refractivity contribution is 7.73. The van der Waals surface area contributed by atoms with Crippen LogP contribution in [-0.2, 0) is 16.0 Å². The fraction of sp³-hybridized carbons (Fsp3) is 0.545. The van der Waals surface area contributed by atoms with Crippen molar-refractivity contribution in [2.75, 3.05) is 20.1 Å². The standard InChI is InChI=1S/C11H17N3O2S2/c1-4-12-9(15)6-14(3)10(16)5-8-7(2)13-11(17)18-8/h4-6H2,1-3H3,(H,12,15)(H,13,17). The van der Waals surface area contributed by atoms with Crippen LogP contribution in [0.15, 0.2) is 0 Å². The molecule has 2 amide bonds. The third-order valence-corrected chi connectivity index (χ3v) is 3.75. The zero-order valence-electron chi connectivity index (χ0n) is 10.7. The lowest BCUT2D eigenvalue weighted by atomic mass is 10.3. The molecule has 0 saturated carbocycles. The van der Waals surface area contributed by atoms with Crippen LogP contribution in [0, 0.1) is 10.9 Å². The van der Waals surface area contributed by atoms with E-state index in [9.17, 15) is 9.59 Å². The van der Waals surface area contributed by atoms with E-state index in [1.165, 1.54) is 16.2 Å². The van der Waals surface area contributed by atoms with Crippen molar-refractivity contribution < 1.29 is 9.59 Å². The van der Waals surface area contributed by atoms with Crippen molar-refractivity contribution in [2.45, 2.75) is 20.3 Å². The first kappa shape index (κ1) is 14.8. The van der Waals surface area contributed by atoms with Crippen LogP contribution in [0.1, 0.15) is 17.5 Å². The average molecular weight is 287 g/mol. The number of carbonyl (C=O) groups excluding carboxylic acids is 2. The number of thiazole rings is 1. The summed E-state index contributed by atoms with van der Waals surface area (Å²) in [5.74, 6) is -0.235. The number of hydrogen-bond acceptors (Lipinski definition) is 4. The zero-order chi connectivity index (χ0) is 13.7. The molecule has 0 atom stereocenters. The predicted octanol–water partition coefficient (Wildman–Crippen LogP) is 1.25. The summed E-state index contributed by atoms with van der Waals surface area (Å²) in [6, 6.07) is 0. The van der Waals surface area contributed by atoms with Gasteiger partial charge in [-0.1, -0.05) is 0 Å². The first-order valence-corrected chi connectivity index (χ1v) is 6.85. The largest absolute Gasteiger partial charge is 0.355 e. The molecule has 1 rings (SSSR count). The normalized spacial score (nSPS) is 10.2. The maximum Gasteiger partial charge on any atom is 0.239 e. The van der Waals surface area contributed by atoms with Crippen LogP contribution in [0.25, 0.3) is 0 Å². The van der Waals surface area contributed by atoms with Crippen LogP contribution < -0.4 is 5.32 Å². The molecule has 100 valence electrons. The number of H-pyrrole nitrogens is 1. The van der Waals surface area contributed by atoms with Crippen molar-refractivity contribution in [1.82, 2.24) is 15.2 Å². The van der Waals surface area contributed by atoms with E-state index < -0.39 is 0 Å². The van der Waals surface area contributed by atoms with E-state index in [2.05, 4.69) is 10.3 Å². The van der Waals surface area contributed by atoms with Gasteiger partial charge in [-0.25, -0.2) is 0 Å². The molecule has 0 aromatic carbocycles. The molecular weight excluding hydrogens is 270 g/mol. The van der Waals surface area contributed by atoms with Gasteiger partial charge in [-0.15, -0.1) is 11.3 Å². The van der Waals surface area contributed by atoms with Crippen molar-refractivity contribution in [1.29, 1.82) is 0 Å². The monoisotopic (exact) mass is 287 g/mol. The third-order valence-electron chi connectivity index (χ3n) is 2.42. The minimum Gasteiger partial charge on any atom is -0.355 e. The smallest absolute Gasteiger partial charge is 0.239 e. The number of aryl methyl sites for hydroxylation is 1. The molecule has 2 N–H and O–H groups in total. The second-order valence-electron chi connectivity index (χ2n) is 3.94. The van der Waals surface area contributed by atoms with E-state index in [1.54, 1.807) is 7.05 Å². The second-order valence-corrected chi connectivity index (χ2v) is 5.71. The summed E-state index contributed by atoms with van der Waals surface area (Å²) in [5, 5.41) is 2.66. The molecule has 1 heterocycles. The van der Waals surface area contributed by atoms with Gasteiger partial charge in [-0.05, 0) is 26.1 Å². The van der Waals surface area contributed by atoms with E-state index in [0.29, 0.717) is 10.5 Å². The van der Waals surface area contributed by atoms with Gasteiger partial charge in [-0.2, -0.15) is 0 Å². The highest BCUT2D eigenvalue weighted by Crippen LogP contribution is 2.15. The maximum atomic E-state index is 11.9. The molecule has 0 saturated heterocycles. The molecule has 7 heteroatoms. The summed E-state index contributed by atoms with van der Waals surface area (Å²) in [7, 11) is 1.62. The fourth-order valence-electron chi connectivity index (χ4n) is 1.43. The number of nitrogens with one attached hydrogen (secondary N) is 2. The van der Waals surface area contributed by atoms with Crippen LogP contribution in [0.3, 0.4) is 0 Å². The van der Waals surface area contributed by atoms with E-state index in [4.69, 9.17) is 12.2 Å². The minimum atomic E-state index is -0.147. The summed E-state index contributed by atoms with van der Waals surface area (Å²) in [5.41, 5.74) is 0.921. The van der Waals surface area contributed by atoms with Crippen molar-refractivity contribution in [2.24, 2.45) is 0 Å². The van der Waals surface area contributed by atoms with E-state index in [1.807, 2.05) is 13.8 Å². The van der Waals surface area contributed by atoms with Crippen molar-refractivity contribution in [3.63, 3.8) is 0 Å². The predicted molar refractivity (Wildman–Crippen MR) is 74.3 cm³/mol. The topological polar surface area (TPSA) is 65.2 Å². The molecule has 1 aromatic heterocycles. The quantitative estimate of drug-likeness (QED) is 0.801. The lowest BCUT2D eigenvalue weighted by Gasteiger charge is -2.16. The molecule has 0 unspecified atom stereocenters. The number of aromatic nitrogens is 1. The number of aromatic amines is 1. The first-order valence-electron chi connectivity index (χ1n) is 5.63. The van der Waals surface area contributed by atoms with Crippen molar-refractivity contribution >= 4 is 35.4 Å². The van der Waals surface area contributed by atoms with E-state index in [0.717, 1.165) is 10.6 Å². The van der Waals surface area contributed by atoms with Gasteiger partial charge in [0.05, 0.1) is 13.0 Å². The van der Waals surface area contributed by atoms with Crippen molar-refractivity contribution in [3.05, 3.63) is 14.5 Å². The van der Waals surface area contributed by atoms with Crippen LogP contribution in [0.4, 0.5) is 0 Å². The summed E-state index contributed by atoms with van der Waals surface area (Å²) in [4.78, 5) is 28.6. The Bertz CT molecular complexity index is 493. The summed E-state index contributed by atoms with van der Waals surface area (Å²) < 4.78 is 0.668. The Labute approximate surface area is 115 Å². The summed E-state index contributed by atoms with van der Waals surface area (Å²) in [6.07, 6.45) is 0.277. The highest BCUT2D eigenvalue weighted by atomic mass is 32.1. The molecule has 0 radical (unpaired) electrons. The van der Waals surface area contributed by atoms with Gasteiger partial charge < -0.3 is 15.2 Å². The Balaban J connectivity index is 2.57. The number of carbonyl (C=O) groups is 2. The molecular formula is C11H17N3O2S2. The number of amides is 2. The molecule has 0 bridgehead atoms. The Morgan fingerprint density at radius 2 is 2.17 bits per heavy atom. The molecule has 18 heavy (non-hydrogen) atoms. The van der Waals surface area contributed by atoms with E-state index in [-0.39, 0.29) is 24.8 Å². The van der Waals surface area contributed by atoms with Gasteiger partial charge in [0.1, 0.15) is 0 Å². The number of hydrogen-bond donors (Lipinski definition) is 2. The Morgan fingerprint density at radius 1 is 1.50 bits per heavy atom. The lowest BCUT2D eigenvalue weighted by molar-refractivity contribution is -0.134. The average Bonchev–Trinajstić information content (AvgIpc) is 2.57. The molecule has 0 aliphatic heterocycles. The van der Waals surface area contributed by atoms with Gasteiger partial charge in [-0.3, -0.25) is 9.59 Å². The van der Waals surface area contributed by atoms with Crippen LogP contribution in [-0.4, -0.2) is 41.8 Å². The van der Waals surface area contributed by atoms with E-state index >= 15 is 0 Å². The Morgan fingerprint density at radius 3 is 2.67 bits per heavy atom. The first-order chi connectivity index (χ1) is 8.43. The molecule has 0 fully saturated rings. The Hall–Kier alpha value is -1.21. The third kappa shape index (κ3) is 4.23. The number of nitrogens with zero attached hydrogens (tertiary/aromatic N) is 1. The molecule has 0 spiro atoms. The minimum absolute atomic E-state index is 0.0849. The van der Waals surface area contributed by atoms with Gasteiger partial charge >= 0.3 is 0 Å². The molecule has 1 aromatic rings. The molecule has 5 nitrogen and oxygen atoms in total. The summed E-state index contributed by atoms with van der Waals surface area (Å²) in [6.45, 7) is 4.38. The van der Waals surface area contributed by atoms with Gasteiger partial charge in [0.25, 0.3) is 0 Å². The SMILES string of the molecule is CCNC(=O)CN(C)C(=O)Cc1sc(=S)[nH]c1C. The van der Waals surface area contributed by atoms with Gasteiger partial charge in [0.2, 0.25) is 11.8 Å². The highest BCUT2D eigenvalue weighted by Gasteiger charge is 2.15. The Kier molecular flexibility index (Phi) is 5.49. The zero-order valence-corrected chi connectivity index (χ0v) is 12.3. The number of likely N-dealkylation sites (N-methyl/N-ethyl adjacent to an activating group) is 2. The second kappa shape index (κ2) is 6.65. The molecule has 0 aliphatic carbocycles. The maximum absolute atomic E-state index is 11.9. The fourth-order valence-corrected chi connectivity index (χ4v) is 2.72. The van der Waals surface area contributed by atoms with Gasteiger partial charge in [0, 0.05) is 24.2 Å². The van der Waals surface area contributed by atoms with Gasteiger partial charge in [0.15, 0.2) is 3.95 Å². The van der Waals surface area contributed by atoms with Crippen LogP contribution in [0.2, 0.25) is 0 Å². The lowest BCUT2D eigenvalue weighted by Crippen LogP contribution is -2.38. The number of rotatable bonds is 5. The van der Waals surface area contributed by atoms with Crippen LogP contribution >= 0.6 is 23.6 Å².